The Bertz CT molecular complexity index is 1520. The van der Waals surface area contributed by atoms with Gasteiger partial charge in [-0.2, -0.15) is 4.39 Å². The zero-order valence-corrected chi connectivity index (χ0v) is 21.3. The summed E-state index contributed by atoms with van der Waals surface area (Å²) < 4.78 is 53.8. The Kier molecular flexibility index (Phi) is 8.04. The zero-order chi connectivity index (χ0) is 28.3. The number of nitrogens with zero attached hydrogens (tertiary/aromatic N) is 3. The van der Waals surface area contributed by atoms with Gasteiger partial charge in [0.25, 0.3) is 5.88 Å². The molecule has 0 spiro atoms. The van der Waals surface area contributed by atoms with E-state index in [1.807, 2.05) is 0 Å². The minimum Gasteiger partial charge on any atom is -0.504 e. The van der Waals surface area contributed by atoms with E-state index in [0.717, 1.165) is 0 Å². The normalized spacial score (nSPS) is 13.6. The van der Waals surface area contributed by atoms with E-state index in [-0.39, 0.29) is 35.1 Å². The van der Waals surface area contributed by atoms with Crippen LogP contribution in [0.15, 0.2) is 52.5 Å². The van der Waals surface area contributed by atoms with Crippen LogP contribution in [0.2, 0.25) is 0 Å². The summed E-state index contributed by atoms with van der Waals surface area (Å²) in [6.45, 7) is 1.02. The minimum atomic E-state index is -1.66. The molecular weight excluding hydrogens is 536 g/mol. The van der Waals surface area contributed by atoms with Gasteiger partial charge in [-0.25, -0.2) is 9.37 Å². The Hall–Kier alpha value is -4.59. The molecule has 1 aromatic heterocycles. The second-order valence-electron chi connectivity index (χ2n) is 8.33. The highest BCUT2D eigenvalue weighted by molar-refractivity contribution is 7.85. The largest absolute Gasteiger partial charge is 0.504 e. The molecule has 0 saturated heterocycles. The number of likely N-dealkylation sites (N-methyl/N-ethyl adjacent to an activating group) is 1. The van der Waals surface area contributed by atoms with Crippen LogP contribution in [0.4, 0.5) is 8.78 Å². The molecule has 204 valence electrons. The van der Waals surface area contributed by atoms with E-state index in [1.165, 1.54) is 36.4 Å². The number of amidine groups is 2. The van der Waals surface area contributed by atoms with Crippen molar-refractivity contribution in [3.05, 3.63) is 65.4 Å². The standard InChI is InChI=1S/C25H23F2N5O6S/c1-32-8-7-30-24(32)15-11-14(39(36)9-6-20(34)35)3-5-18(15)37-22-16(26)12-31-25(21(22)27)38-19-10-13(23(28)29)2-4-17(19)33/h2-5,10-12,33H,6-9H2,1H3,(H3,28,29)(H,34,35). The monoisotopic (exact) mass is 559 g/mol. The first-order chi connectivity index (χ1) is 18.5. The number of ether oxygens (including phenoxy) is 2. The van der Waals surface area contributed by atoms with Crippen molar-refractivity contribution >= 4 is 28.4 Å². The van der Waals surface area contributed by atoms with Crippen molar-refractivity contribution in [1.82, 2.24) is 9.88 Å². The van der Waals surface area contributed by atoms with Gasteiger partial charge in [0.05, 0.1) is 35.5 Å². The van der Waals surface area contributed by atoms with Crippen LogP contribution in [-0.4, -0.2) is 67.8 Å². The van der Waals surface area contributed by atoms with Crippen molar-refractivity contribution in [2.75, 3.05) is 25.9 Å². The fraction of sp³-hybridized carbons (Fsp3) is 0.200. The first kappa shape index (κ1) is 27.4. The van der Waals surface area contributed by atoms with Gasteiger partial charge >= 0.3 is 5.97 Å². The number of hydrogen-bond acceptors (Lipinski definition) is 9. The molecule has 0 saturated carbocycles. The number of nitrogens with two attached hydrogens (primary N) is 1. The fourth-order valence-corrected chi connectivity index (χ4v) is 4.68. The number of rotatable bonds is 10. The van der Waals surface area contributed by atoms with Gasteiger partial charge < -0.3 is 30.3 Å². The van der Waals surface area contributed by atoms with Crippen molar-refractivity contribution in [3.8, 4) is 28.9 Å². The van der Waals surface area contributed by atoms with Gasteiger partial charge in [-0.15, -0.1) is 0 Å². The van der Waals surface area contributed by atoms with Crippen LogP contribution in [-0.2, 0) is 15.6 Å². The topological polar surface area (TPSA) is 171 Å². The van der Waals surface area contributed by atoms with Crippen molar-refractivity contribution in [2.24, 2.45) is 10.7 Å². The molecule has 1 atom stereocenters. The van der Waals surface area contributed by atoms with Crippen LogP contribution >= 0.6 is 0 Å². The van der Waals surface area contributed by atoms with Crippen molar-refractivity contribution in [2.45, 2.75) is 11.3 Å². The summed E-state index contributed by atoms with van der Waals surface area (Å²) in [5, 5.41) is 26.5. The second kappa shape index (κ2) is 11.4. The van der Waals surface area contributed by atoms with Crippen molar-refractivity contribution < 1.29 is 37.5 Å². The highest BCUT2D eigenvalue weighted by atomic mass is 32.2. The molecule has 0 amide bonds. The van der Waals surface area contributed by atoms with E-state index in [0.29, 0.717) is 35.6 Å². The summed E-state index contributed by atoms with van der Waals surface area (Å²) in [5.41, 5.74) is 5.93. The average Bonchev–Trinajstić information content (AvgIpc) is 3.33. The molecule has 2 heterocycles. The molecule has 1 unspecified atom stereocenters. The maximum absolute atomic E-state index is 15.4. The molecule has 3 aromatic rings. The highest BCUT2D eigenvalue weighted by Gasteiger charge is 2.25. The number of phenolic OH excluding ortho intramolecular Hbond substituents is 1. The molecular formula is C25H23F2N5O6S. The molecule has 1 aliphatic heterocycles. The van der Waals surface area contributed by atoms with Crippen LogP contribution in [0.25, 0.3) is 0 Å². The number of nitrogens with one attached hydrogen (secondary N) is 1. The number of hydrogen-bond donors (Lipinski definition) is 4. The van der Waals surface area contributed by atoms with E-state index in [9.17, 15) is 18.5 Å². The fourth-order valence-electron chi connectivity index (χ4n) is 3.61. The predicted molar refractivity (Wildman–Crippen MR) is 137 cm³/mol. The van der Waals surface area contributed by atoms with E-state index in [2.05, 4.69) is 9.98 Å². The molecule has 0 fully saturated rings. The first-order valence-electron chi connectivity index (χ1n) is 11.4. The molecule has 39 heavy (non-hydrogen) atoms. The van der Waals surface area contributed by atoms with Crippen LogP contribution in [0, 0.1) is 17.0 Å². The number of pyridine rings is 1. The lowest BCUT2D eigenvalue weighted by molar-refractivity contribution is -0.136. The van der Waals surface area contributed by atoms with E-state index in [4.69, 9.17) is 25.7 Å². The third kappa shape index (κ3) is 6.12. The van der Waals surface area contributed by atoms with Gasteiger partial charge in [0.1, 0.15) is 17.4 Å². The molecule has 4 rings (SSSR count). The van der Waals surface area contributed by atoms with Gasteiger partial charge in [-0.05, 0) is 36.4 Å². The third-order valence-corrected chi connectivity index (χ3v) is 6.96. The van der Waals surface area contributed by atoms with Gasteiger partial charge in [0.2, 0.25) is 11.6 Å². The number of carbonyl (C=O) groups is 1. The maximum atomic E-state index is 15.4. The SMILES string of the molecule is CN1CCN=C1c1cc(S(=O)CCC(=O)O)ccc1Oc1c(F)cnc(Oc2cc(C(=N)N)ccc2O)c1F. The van der Waals surface area contributed by atoms with E-state index in [1.54, 1.807) is 11.9 Å². The zero-order valence-electron chi connectivity index (χ0n) is 20.5. The minimum absolute atomic E-state index is 0.0159. The molecule has 0 radical (unpaired) electrons. The molecule has 14 heteroatoms. The molecule has 0 aliphatic carbocycles. The molecule has 11 nitrogen and oxygen atoms in total. The summed E-state index contributed by atoms with van der Waals surface area (Å²) in [6, 6.07) is 7.99. The molecule has 0 bridgehead atoms. The van der Waals surface area contributed by atoms with E-state index >= 15 is 4.39 Å². The number of benzene rings is 2. The highest BCUT2D eigenvalue weighted by Crippen LogP contribution is 2.38. The average molecular weight is 560 g/mol. The number of aromatic nitrogens is 1. The summed E-state index contributed by atoms with van der Waals surface area (Å²) in [6.07, 6.45) is 0.371. The lowest BCUT2D eigenvalue weighted by atomic mass is 10.1. The Morgan fingerprint density at radius 1 is 1.21 bits per heavy atom. The molecule has 5 N–H and O–H groups in total. The Balaban J connectivity index is 1.71. The van der Waals surface area contributed by atoms with Gasteiger partial charge in [-0.3, -0.25) is 19.4 Å². The summed E-state index contributed by atoms with van der Waals surface area (Å²) in [4.78, 5) is 21.0. The maximum Gasteiger partial charge on any atom is 0.304 e. The quantitative estimate of drug-likeness (QED) is 0.215. The number of aromatic hydroxyl groups is 1. The Labute approximate surface area is 223 Å². The Morgan fingerprint density at radius 3 is 2.64 bits per heavy atom. The smallest absolute Gasteiger partial charge is 0.304 e. The number of halogens is 2. The number of carboxylic acid groups (broad SMARTS) is 1. The Morgan fingerprint density at radius 2 is 1.97 bits per heavy atom. The van der Waals surface area contributed by atoms with Gasteiger partial charge in [-0.1, -0.05) is 0 Å². The van der Waals surface area contributed by atoms with Crippen LogP contribution in [0.1, 0.15) is 17.5 Å². The number of nitrogen functional groups attached to an aromatic ring is 1. The molecule has 2 aromatic carbocycles. The number of phenols is 1. The van der Waals surface area contributed by atoms with Crippen LogP contribution in [0.3, 0.4) is 0 Å². The second-order valence-corrected chi connectivity index (χ2v) is 9.90. The summed E-state index contributed by atoms with van der Waals surface area (Å²) >= 11 is 0. The van der Waals surface area contributed by atoms with E-state index < -0.39 is 45.8 Å². The summed E-state index contributed by atoms with van der Waals surface area (Å²) in [7, 11) is 0.0959. The van der Waals surface area contributed by atoms with Crippen LogP contribution in [0.5, 0.6) is 28.9 Å². The predicted octanol–water partition coefficient (Wildman–Crippen LogP) is 3.21. The lowest BCUT2D eigenvalue weighted by Crippen LogP contribution is -2.24. The van der Waals surface area contributed by atoms with Crippen molar-refractivity contribution in [1.29, 1.82) is 5.41 Å². The number of aliphatic imine (C=N–C) groups is 1. The molecule has 1 aliphatic rings. The third-order valence-electron chi connectivity index (χ3n) is 5.60. The van der Waals surface area contributed by atoms with Crippen LogP contribution < -0.4 is 15.2 Å². The number of carboxylic acids is 1. The first-order valence-corrected chi connectivity index (χ1v) is 12.7. The lowest BCUT2D eigenvalue weighted by Gasteiger charge is -2.19. The van der Waals surface area contributed by atoms with Gasteiger partial charge in [0.15, 0.2) is 17.3 Å². The number of aliphatic carboxylic acids is 1. The summed E-state index contributed by atoms with van der Waals surface area (Å²) in [5.74, 6) is -5.84. The van der Waals surface area contributed by atoms with Crippen molar-refractivity contribution in [3.63, 3.8) is 0 Å². The van der Waals surface area contributed by atoms with Gasteiger partial charge in [0, 0.05) is 29.8 Å².